The molecule has 1 saturated heterocycles. The van der Waals surface area contributed by atoms with Gasteiger partial charge < -0.3 is 29.9 Å². The number of aliphatic hydroxyl groups is 3. The van der Waals surface area contributed by atoms with E-state index in [1.165, 1.54) is 0 Å². The zero-order chi connectivity index (χ0) is 18.7. The van der Waals surface area contributed by atoms with Gasteiger partial charge in [0.15, 0.2) is 6.29 Å². The van der Waals surface area contributed by atoms with Crippen molar-refractivity contribution in [3.05, 3.63) is 0 Å². The van der Waals surface area contributed by atoms with Crippen molar-refractivity contribution in [2.75, 3.05) is 6.61 Å². The summed E-state index contributed by atoms with van der Waals surface area (Å²) in [6, 6.07) is 0. The molecule has 148 valence electrons. The number of hydrogen-bond donors (Lipinski definition) is 4. The Morgan fingerprint density at radius 3 is 2.32 bits per heavy atom. The van der Waals surface area contributed by atoms with Gasteiger partial charge in [0.25, 0.3) is 0 Å². The van der Waals surface area contributed by atoms with Crippen LogP contribution in [-0.2, 0) is 14.3 Å². The first kappa shape index (κ1) is 22.3. The molecule has 0 unspecified atom stereocenters. The van der Waals surface area contributed by atoms with Crippen LogP contribution in [0.3, 0.4) is 0 Å². The van der Waals surface area contributed by atoms with Gasteiger partial charge in [-0.25, -0.2) is 0 Å². The highest BCUT2D eigenvalue weighted by atomic mass is 16.7. The molecule has 0 aromatic carbocycles. The third-order valence-corrected chi connectivity index (χ3v) is 4.56. The van der Waals surface area contributed by atoms with E-state index >= 15 is 0 Å². The minimum atomic E-state index is -0.952. The van der Waals surface area contributed by atoms with E-state index in [0.717, 1.165) is 44.9 Å². The minimum Gasteiger partial charge on any atom is -0.481 e. The fraction of sp³-hybridized carbons (Fsp3) is 0.944. The molecule has 7 nitrogen and oxygen atoms in total. The summed E-state index contributed by atoms with van der Waals surface area (Å²) in [5.41, 5.74) is 0. The van der Waals surface area contributed by atoms with Crippen LogP contribution in [0, 0.1) is 0 Å². The number of aliphatic hydroxyl groups excluding tert-OH is 3. The molecule has 0 aromatic heterocycles. The molecule has 7 heteroatoms. The van der Waals surface area contributed by atoms with Crippen molar-refractivity contribution in [3.8, 4) is 0 Å². The summed E-state index contributed by atoms with van der Waals surface area (Å²) in [7, 11) is 0. The van der Waals surface area contributed by atoms with Crippen molar-refractivity contribution < 1.29 is 34.7 Å². The van der Waals surface area contributed by atoms with Gasteiger partial charge in [0.05, 0.1) is 24.7 Å². The number of carboxylic acid groups (broad SMARTS) is 1. The van der Waals surface area contributed by atoms with Gasteiger partial charge in [0.2, 0.25) is 0 Å². The molecule has 0 aromatic rings. The molecule has 1 rings (SSSR count). The fourth-order valence-corrected chi connectivity index (χ4v) is 2.96. The van der Waals surface area contributed by atoms with Crippen LogP contribution in [-0.4, -0.2) is 63.7 Å². The van der Waals surface area contributed by atoms with Gasteiger partial charge in [-0.3, -0.25) is 4.79 Å². The Bertz CT molecular complexity index is 363. The zero-order valence-corrected chi connectivity index (χ0v) is 15.2. The van der Waals surface area contributed by atoms with E-state index in [2.05, 4.69) is 0 Å². The third-order valence-electron chi connectivity index (χ3n) is 4.56. The molecule has 0 bridgehead atoms. The highest BCUT2D eigenvalue weighted by Crippen LogP contribution is 2.21. The molecular formula is C18H34O7. The lowest BCUT2D eigenvalue weighted by Gasteiger charge is -2.35. The van der Waals surface area contributed by atoms with E-state index in [0.29, 0.717) is 13.0 Å². The number of rotatable bonds is 13. The van der Waals surface area contributed by atoms with Crippen LogP contribution >= 0.6 is 0 Å². The SMILES string of the molecule is C[C@@H]1O[C@@H](OCCCCCCCCC[C@@H](O)CC(=O)O)[C@H](O)C[C@H]1O. The molecule has 1 fully saturated rings. The predicted octanol–water partition coefficient (Wildman–Crippen LogP) is 1.82. The van der Waals surface area contributed by atoms with Gasteiger partial charge in [0.1, 0.15) is 6.10 Å². The summed E-state index contributed by atoms with van der Waals surface area (Å²) in [4.78, 5) is 10.4. The molecule has 0 spiro atoms. The smallest absolute Gasteiger partial charge is 0.305 e. The quantitative estimate of drug-likeness (QED) is 0.369. The second-order valence-corrected chi connectivity index (χ2v) is 6.97. The molecule has 0 amide bonds. The second-order valence-electron chi connectivity index (χ2n) is 6.97. The Hall–Kier alpha value is -0.730. The Balaban J connectivity index is 1.90. The van der Waals surface area contributed by atoms with E-state index in [-0.39, 0.29) is 18.9 Å². The molecule has 0 radical (unpaired) electrons. The number of carbonyl (C=O) groups is 1. The zero-order valence-electron chi connectivity index (χ0n) is 15.2. The van der Waals surface area contributed by atoms with E-state index in [1.54, 1.807) is 6.92 Å². The molecule has 0 aliphatic carbocycles. The monoisotopic (exact) mass is 362 g/mol. The van der Waals surface area contributed by atoms with Gasteiger partial charge in [-0.15, -0.1) is 0 Å². The number of ether oxygens (including phenoxy) is 2. The van der Waals surface area contributed by atoms with Crippen molar-refractivity contribution in [3.63, 3.8) is 0 Å². The predicted molar refractivity (Wildman–Crippen MR) is 92.1 cm³/mol. The van der Waals surface area contributed by atoms with Crippen molar-refractivity contribution in [1.82, 2.24) is 0 Å². The lowest BCUT2D eigenvalue weighted by Crippen LogP contribution is -2.47. The van der Waals surface area contributed by atoms with Crippen LogP contribution in [0.25, 0.3) is 0 Å². The maximum Gasteiger partial charge on any atom is 0.305 e. The van der Waals surface area contributed by atoms with Gasteiger partial charge in [-0.1, -0.05) is 38.5 Å². The maximum atomic E-state index is 10.4. The Morgan fingerprint density at radius 1 is 1.08 bits per heavy atom. The van der Waals surface area contributed by atoms with Crippen LogP contribution in [0.4, 0.5) is 0 Å². The molecule has 4 N–H and O–H groups in total. The Morgan fingerprint density at radius 2 is 1.68 bits per heavy atom. The van der Waals surface area contributed by atoms with Gasteiger partial charge >= 0.3 is 5.97 Å². The summed E-state index contributed by atoms with van der Waals surface area (Å²) < 4.78 is 11.0. The van der Waals surface area contributed by atoms with Crippen molar-refractivity contribution >= 4 is 5.97 Å². The van der Waals surface area contributed by atoms with Crippen LogP contribution in [0.15, 0.2) is 0 Å². The molecule has 1 aliphatic heterocycles. The van der Waals surface area contributed by atoms with Crippen molar-refractivity contribution in [1.29, 1.82) is 0 Å². The Labute approximate surface area is 150 Å². The molecule has 5 atom stereocenters. The van der Waals surface area contributed by atoms with Crippen LogP contribution < -0.4 is 0 Å². The first-order valence-corrected chi connectivity index (χ1v) is 9.43. The molecule has 0 saturated carbocycles. The van der Waals surface area contributed by atoms with Crippen LogP contribution in [0.5, 0.6) is 0 Å². The topological polar surface area (TPSA) is 116 Å². The lowest BCUT2D eigenvalue weighted by molar-refractivity contribution is -0.261. The third kappa shape index (κ3) is 10.1. The summed E-state index contributed by atoms with van der Waals surface area (Å²) >= 11 is 0. The largest absolute Gasteiger partial charge is 0.481 e. The van der Waals surface area contributed by atoms with E-state index in [4.69, 9.17) is 14.6 Å². The average molecular weight is 362 g/mol. The Kier molecular flexibility index (Phi) is 11.2. The van der Waals surface area contributed by atoms with Gasteiger partial charge in [-0.2, -0.15) is 0 Å². The molecule has 25 heavy (non-hydrogen) atoms. The summed E-state index contributed by atoms with van der Waals surface area (Å²) in [6.45, 7) is 2.31. The standard InChI is InChI=1S/C18H34O7/c1-13-15(20)12-16(21)18(25-13)24-10-8-6-4-2-3-5-7-9-14(19)11-17(22)23/h13-16,18-21H,2-12H2,1H3,(H,22,23)/t13-,14+,15+,16+,18+/m0/s1. The normalized spacial score (nSPS) is 28.0. The molecule has 1 aliphatic rings. The van der Waals surface area contributed by atoms with Crippen LogP contribution in [0.1, 0.15) is 71.1 Å². The van der Waals surface area contributed by atoms with E-state index < -0.39 is 30.6 Å². The van der Waals surface area contributed by atoms with Crippen LogP contribution in [0.2, 0.25) is 0 Å². The first-order chi connectivity index (χ1) is 11.9. The highest BCUT2D eigenvalue weighted by Gasteiger charge is 2.34. The second kappa shape index (κ2) is 12.6. The molecular weight excluding hydrogens is 328 g/mol. The minimum absolute atomic E-state index is 0.169. The number of carboxylic acids is 1. The highest BCUT2D eigenvalue weighted by molar-refractivity contribution is 5.67. The fourth-order valence-electron chi connectivity index (χ4n) is 2.96. The summed E-state index contributed by atoms with van der Waals surface area (Å²) in [6.07, 6.45) is 4.68. The van der Waals surface area contributed by atoms with Gasteiger partial charge in [-0.05, 0) is 19.8 Å². The van der Waals surface area contributed by atoms with Gasteiger partial charge in [0, 0.05) is 13.0 Å². The maximum absolute atomic E-state index is 10.4. The van der Waals surface area contributed by atoms with E-state index in [1.807, 2.05) is 0 Å². The first-order valence-electron chi connectivity index (χ1n) is 9.43. The van der Waals surface area contributed by atoms with E-state index in [9.17, 15) is 20.1 Å². The summed E-state index contributed by atoms with van der Waals surface area (Å²) in [5, 5.41) is 37.4. The molecule has 1 heterocycles. The number of hydrogen-bond acceptors (Lipinski definition) is 6. The van der Waals surface area contributed by atoms with Crippen molar-refractivity contribution in [2.45, 2.75) is 102 Å². The number of aliphatic carboxylic acids is 1. The lowest BCUT2D eigenvalue weighted by atomic mass is 10.0. The summed E-state index contributed by atoms with van der Waals surface area (Å²) in [5.74, 6) is -0.952. The average Bonchev–Trinajstić information content (AvgIpc) is 2.53. The number of unbranched alkanes of at least 4 members (excludes halogenated alkanes) is 6. The van der Waals surface area contributed by atoms with Crippen molar-refractivity contribution in [2.24, 2.45) is 0 Å².